The lowest BCUT2D eigenvalue weighted by Crippen LogP contribution is -2.45. The van der Waals surface area contributed by atoms with Gasteiger partial charge in [-0.3, -0.25) is 9.36 Å². The van der Waals surface area contributed by atoms with Gasteiger partial charge in [-0.05, 0) is 32.1 Å². The normalized spacial score (nSPS) is 14.0. The lowest BCUT2D eigenvalue weighted by atomic mass is 10.0. The van der Waals surface area contributed by atoms with E-state index in [1.807, 2.05) is 27.2 Å². The van der Waals surface area contributed by atoms with Gasteiger partial charge in [0.2, 0.25) is 5.91 Å². The first-order valence-corrected chi connectivity index (χ1v) is 32.2. The predicted molar refractivity (Wildman–Crippen MR) is 302 cm³/mol. The van der Waals surface area contributed by atoms with Crippen molar-refractivity contribution in [1.29, 1.82) is 0 Å². The molecule has 9 heteroatoms. The monoisotopic (exact) mass is 1010 g/mol. The van der Waals surface area contributed by atoms with Crippen molar-refractivity contribution >= 4 is 13.7 Å². The zero-order valence-corrected chi connectivity index (χ0v) is 48.4. The number of aliphatic hydroxyl groups is 1. The fourth-order valence-electron chi connectivity index (χ4n) is 9.35. The number of nitrogens with zero attached hydrogens (tertiary/aromatic N) is 1. The lowest BCUT2D eigenvalue weighted by molar-refractivity contribution is -0.870. The van der Waals surface area contributed by atoms with E-state index in [4.69, 9.17) is 9.05 Å². The van der Waals surface area contributed by atoms with Gasteiger partial charge in [-0.25, -0.2) is 0 Å². The van der Waals surface area contributed by atoms with Crippen LogP contribution in [0.3, 0.4) is 0 Å². The van der Waals surface area contributed by atoms with Crippen molar-refractivity contribution in [2.75, 3.05) is 40.9 Å². The Labute approximate surface area is 436 Å². The smallest absolute Gasteiger partial charge is 0.268 e. The molecular weight excluding hydrogens is 888 g/mol. The average molecular weight is 1010 g/mol. The minimum Gasteiger partial charge on any atom is -0.756 e. The van der Waals surface area contributed by atoms with Crippen molar-refractivity contribution in [3.63, 3.8) is 0 Å². The van der Waals surface area contributed by atoms with Crippen LogP contribution in [0.2, 0.25) is 0 Å². The zero-order chi connectivity index (χ0) is 51.3. The summed E-state index contributed by atoms with van der Waals surface area (Å²) in [6, 6.07) is -0.899. The molecular formula is C61H121N2O6P. The zero-order valence-electron chi connectivity index (χ0n) is 47.5. The van der Waals surface area contributed by atoms with Gasteiger partial charge >= 0.3 is 0 Å². The highest BCUT2D eigenvalue weighted by molar-refractivity contribution is 7.45. The molecule has 0 saturated heterocycles. The summed E-state index contributed by atoms with van der Waals surface area (Å²) in [4.78, 5) is 25.4. The number of carbonyl (C=O) groups is 1. The Balaban J connectivity index is 3.92. The minimum absolute atomic E-state index is 0.00398. The number of rotatable bonds is 57. The van der Waals surface area contributed by atoms with Crippen LogP contribution in [0.5, 0.6) is 0 Å². The summed E-state index contributed by atoms with van der Waals surface area (Å²) in [7, 11) is 1.26. The Morgan fingerprint density at radius 3 is 1.16 bits per heavy atom. The molecule has 0 aliphatic carbocycles. The van der Waals surface area contributed by atoms with Crippen LogP contribution in [-0.2, 0) is 18.4 Å². The summed E-state index contributed by atoms with van der Waals surface area (Å²) in [5.74, 6) is -0.202. The Bertz CT molecular complexity index is 1190. The fraction of sp³-hybridized carbons (Fsp3) is 0.918. The van der Waals surface area contributed by atoms with E-state index in [0.717, 1.165) is 38.5 Å². The van der Waals surface area contributed by atoms with Gasteiger partial charge in [0, 0.05) is 6.42 Å². The summed E-state index contributed by atoms with van der Waals surface area (Å²) in [6.45, 7) is 4.65. The molecule has 0 heterocycles. The van der Waals surface area contributed by atoms with Gasteiger partial charge in [0.15, 0.2) is 0 Å². The largest absolute Gasteiger partial charge is 0.756 e. The number of carbonyl (C=O) groups excluding carboxylic acids is 1. The van der Waals surface area contributed by atoms with Crippen molar-refractivity contribution in [3.8, 4) is 0 Å². The number of allylic oxidation sites excluding steroid dienone is 3. The molecule has 0 aliphatic heterocycles. The summed E-state index contributed by atoms with van der Waals surface area (Å²) < 4.78 is 23.3. The van der Waals surface area contributed by atoms with Crippen LogP contribution in [0.15, 0.2) is 24.3 Å². The molecule has 0 aromatic rings. The third-order valence-corrected chi connectivity index (χ3v) is 15.1. The number of quaternary nitrogens is 1. The topological polar surface area (TPSA) is 108 Å². The van der Waals surface area contributed by atoms with Gasteiger partial charge in [0.1, 0.15) is 13.2 Å². The first-order valence-electron chi connectivity index (χ1n) is 30.7. The quantitative estimate of drug-likeness (QED) is 0.0272. The SMILES string of the molecule is CCCCCCCCC/C=C/CC/C=C/C(O)C(COP(=O)([O-])OCC[N+](C)(C)C)NC(=O)CCCCCCCCCCCCCCCCCCCCCCCCCCCCCCCCCCCCC. The Hall–Kier alpha value is -1.02. The molecule has 0 fully saturated rings. The van der Waals surface area contributed by atoms with Crippen LogP contribution < -0.4 is 10.2 Å². The van der Waals surface area contributed by atoms with Crippen molar-refractivity contribution in [1.82, 2.24) is 5.32 Å². The number of amides is 1. The maximum atomic E-state index is 12.9. The van der Waals surface area contributed by atoms with Crippen LogP contribution in [0, 0.1) is 0 Å². The van der Waals surface area contributed by atoms with E-state index in [1.165, 1.54) is 250 Å². The van der Waals surface area contributed by atoms with Crippen molar-refractivity contribution in [2.24, 2.45) is 0 Å². The molecule has 0 aromatic heterocycles. The Morgan fingerprint density at radius 2 is 0.800 bits per heavy atom. The third-order valence-electron chi connectivity index (χ3n) is 14.2. The van der Waals surface area contributed by atoms with E-state index < -0.39 is 20.0 Å². The summed E-state index contributed by atoms with van der Waals surface area (Å²) in [6.07, 6.45) is 67.3. The molecule has 416 valence electrons. The maximum absolute atomic E-state index is 12.9. The van der Waals surface area contributed by atoms with Gasteiger partial charge in [0.05, 0.1) is 39.9 Å². The fourth-order valence-corrected chi connectivity index (χ4v) is 10.1. The maximum Gasteiger partial charge on any atom is 0.268 e. The molecule has 3 unspecified atom stereocenters. The summed E-state index contributed by atoms with van der Waals surface area (Å²) in [5, 5.41) is 13.8. The van der Waals surface area contributed by atoms with Gasteiger partial charge in [-0.2, -0.15) is 0 Å². The minimum atomic E-state index is -4.60. The van der Waals surface area contributed by atoms with E-state index in [2.05, 4.69) is 31.3 Å². The molecule has 0 saturated carbocycles. The van der Waals surface area contributed by atoms with Crippen LogP contribution in [0.25, 0.3) is 0 Å². The molecule has 0 aliphatic rings. The molecule has 0 aromatic carbocycles. The van der Waals surface area contributed by atoms with E-state index in [-0.39, 0.29) is 19.1 Å². The molecule has 0 spiro atoms. The molecule has 0 rings (SSSR count). The van der Waals surface area contributed by atoms with Crippen LogP contribution in [0.4, 0.5) is 0 Å². The van der Waals surface area contributed by atoms with Gasteiger partial charge in [-0.1, -0.05) is 295 Å². The first kappa shape index (κ1) is 69.0. The predicted octanol–water partition coefficient (Wildman–Crippen LogP) is 18.1. The molecule has 0 bridgehead atoms. The van der Waals surface area contributed by atoms with Crippen LogP contribution in [0.1, 0.15) is 309 Å². The second-order valence-corrected chi connectivity index (χ2v) is 23.8. The van der Waals surface area contributed by atoms with E-state index >= 15 is 0 Å². The standard InChI is InChI=1S/C61H121N2O6P/c1-6-8-10-12-14-16-18-20-21-22-23-24-25-26-27-28-29-30-31-32-33-34-35-36-37-38-39-40-41-43-45-47-49-51-53-55-61(65)62-59(58-69-70(66,67)68-57-56-63(3,4)5)60(64)54-52-50-48-46-44-42-19-17-15-13-11-9-7-2/h44,46,52,54,59-60,64H,6-43,45,47-51,53,55-58H2,1-5H3,(H-,62,65,66,67)/b46-44+,54-52+. The van der Waals surface area contributed by atoms with Gasteiger partial charge in [0.25, 0.3) is 7.82 Å². The van der Waals surface area contributed by atoms with Crippen LogP contribution in [-0.4, -0.2) is 68.5 Å². The highest BCUT2D eigenvalue weighted by atomic mass is 31.2. The molecule has 70 heavy (non-hydrogen) atoms. The third kappa shape index (κ3) is 54.7. The van der Waals surface area contributed by atoms with Crippen LogP contribution >= 0.6 is 7.82 Å². The van der Waals surface area contributed by atoms with E-state index in [9.17, 15) is 19.4 Å². The molecule has 0 radical (unpaired) electrons. The summed E-state index contributed by atoms with van der Waals surface area (Å²) >= 11 is 0. The highest BCUT2D eigenvalue weighted by Gasteiger charge is 2.23. The number of nitrogens with one attached hydrogen (secondary N) is 1. The first-order chi connectivity index (χ1) is 34.0. The Kier molecular flexibility index (Phi) is 52.1. The number of aliphatic hydroxyl groups excluding tert-OH is 1. The number of phosphoric ester groups is 1. The number of phosphoric acid groups is 1. The Morgan fingerprint density at radius 1 is 0.486 bits per heavy atom. The molecule has 8 nitrogen and oxygen atoms in total. The van der Waals surface area contributed by atoms with Gasteiger partial charge in [-0.15, -0.1) is 0 Å². The highest BCUT2D eigenvalue weighted by Crippen LogP contribution is 2.38. The van der Waals surface area contributed by atoms with E-state index in [0.29, 0.717) is 17.4 Å². The lowest BCUT2D eigenvalue weighted by Gasteiger charge is -2.29. The average Bonchev–Trinajstić information content (AvgIpc) is 3.32. The summed E-state index contributed by atoms with van der Waals surface area (Å²) in [5.41, 5.74) is 0. The number of hydrogen-bond donors (Lipinski definition) is 2. The number of unbranched alkanes of at least 4 members (excludes halogenated alkanes) is 42. The molecule has 1 amide bonds. The second kappa shape index (κ2) is 52.8. The van der Waals surface area contributed by atoms with Crippen molar-refractivity contribution in [2.45, 2.75) is 321 Å². The number of hydrogen-bond acceptors (Lipinski definition) is 6. The molecule has 3 atom stereocenters. The van der Waals surface area contributed by atoms with Crippen molar-refractivity contribution < 1.29 is 32.9 Å². The van der Waals surface area contributed by atoms with Gasteiger partial charge < -0.3 is 28.8 Å². The second-order valence-electron chi connectivity index (χ2n) is 22.4. The van der Waals surface area contributed by atoms with E-state index in [1.54, 1.807) is 6.08 Å². The van der Waals surface area contributed by atoms with Crippen molar-refractivity contribution in [3.05, 3.63) is 24.3 Å². The number of likely N-dealkylation sites (N-methyl/N-ethyl adjacent to an activating group) is 1. The molecule has 2 N–H and O–H groups in total.